The van der Waals surface area contributed by atoms with Crippen molar-refractivity contribution >= 4 is 5.91 Å². The van der Waals surface area contributed by atoms with Crippen molar-refractivity contribution in [2.24, 2.45) is 0 Å². The van der Waals surface area contributed by atoms with Crippen LogP contribution in [0.3, 0.4) is 0 Å². The SMILES string of the molecule is COc1ccc(C)cc1[C@@H](C)NC(=O)Cc1cccc(F)c1. The number of carbonyl (C=O) groups is 1. The van der Waals surface area contributed by atoms with E-state index in [-0.39, 0.29) is 24.2 Å². The molecule has 2 aromatic rings. The predicted molar refractivity (Wildman–Crippen MR) is 84.4 cm³/mol. The zero-order valence-corrected chi connectivity index (χ0v) is 13.0. The Morgan fingerprint density at radius 3 is 2.73 bits per heavy atom. The van der Waals surface area contributed by atoms with Gasteiger partial charge in [-0.2, -0.15) is 0 Å². The van der Waals surface area contributed by atoms with Crippen LogP contribution >= 0.6 is 0 Å². The molecule has 0 bridgehead atoms. The van der Waals surface area contributed by atoms with Crippen molar-refractivity contribution in [1.82, 2.24) is 5.32 Å². The molecule has 2 aromatic carbocycles. The number of carbonyl (C=O) groups excluding carboxylic acids is 1. The van der Waals surface area contributed by atoms with Crippen LogP contribution in [0.5, 0.6) is 5.75 Å². The average Bonchev–Trinajstić information content (AvgIpc) is 2.47. The molecule has 0 aliphatic carbocycles. The maximum absolute atomic E-state index is 13.1. The molecule has 0 saturated carbocycles. The third-order valence-corrected chi connectivity index (χ3v) is 3.48. The van der Waals surface area contributed by atoms with Crippen molar-refractivity contribution in [2.45, 2.75) is 26.3 Å². The molecule has 0 aliphatic rings. The lowest BCUT2D eigenvalue weighted by Gasteiger charge is -2.18. The molecular formula is C18H20FNO2. The number of hydrogen-bond acceptors (Lipinski definition) is 2. The summed E-state index contributed by atoms with van der Waals surface area (Å²) in [7, 11) is 1.61. The molecule has 4 heteroatoms. The van der Waals surface area contributed by atoms with Gasteiger partial charge in [0.15, 0.2) is 0 Å². The van der Waals surface area contributed by atoms with Crippen molar-refractivity contribution in [3.63, 3.8) is 0 Å². The Hall–Kier alpha value is -2.36. The van der Waals surface area contributed by atoms with Gasteiger partial charge in [-0.3, -0.25) is 4.79 Å². The molecule has 1 atom stereocenters. The molecule has 0 aliphatic heterocycles. The second kappa shape index (κ2) is 7.07. The lowest BCUT2D eigenvalue weighted by atomic mass is 10.0. The Balaban J connectivity index is 2.06. The molecule has 116 valence electrons. The lowest BCUT2D eigenvalue weighted by Crippen LogP contribution is -2.28. The summed E-state index contributed by atoms with van der Waals surface area (Å²) in [5.41, 5.74) is 2.68. The first-order valence-electron chi connectivity index (χ1n) is 7.18. The van der Waals surface area contributed by atoms with Gasteiger partial charge in [-0.05, 0) is 37.6 Å². The quantitative estimate of drug-likeness (QED) is 0.917. The first-order valence-corrected chi connectivity index (χ1v) is 7.18. The van der Waals surface area contributed by atoms with Gasteiger partial charge in [-0.25, -0.2) is 4.39 Å². The standard InChI is InChI=1S/C18H20FNO2/c1-12-7-8-17(22-3)16(9-12)13(2)20-18(21)11-14-5-4-6-15(19)10-14/h4-10,13H,11H2,1-3H3,(H,20,21)/t13-/m1/s1. The van der Waals surface area contributed by atoms with Gasteiger partial charge in [0.1, 0.15) is 11.6 Å². The van der Waals surface area contributed by atoms with E-state index in [9.17, 15) is 9.18 Å². The minimum atomic E-state index is -0.335. The van der Waals surface area contributed by atoms with Crippen molar-refractivity contribution in [1.29, 1.82) is 0 Å². The maximum Gasteiger partial charge on any atom is 0.224 e. The summed E-state index contributed by atoms with van der Waals surface area (Å²) in [6.07, 6.45) is 0.149. The van der Waals surface area contributed by atoms with Crippen LogP contribution in [0, 0.1) is 12.7 Å². The third kappa shape index (κ3) is 4.07. The molecule has 0 fully saturated rings. The maximum atomic E-state index is 13.1. The van der Waals surface area contributed by atoms with E-state index in [0.717, 1.165) is 16.9 Å². The molecule has 2 rings (SSSR count). The summed E-state index contributed by atoms with van der Waals surface area (Å²) in [6, 6.07) is 11.7. The normalized spacial score (nSPS) is 11.8. The second-order valence-electron chi connectivity index (χ2n) is 5.34. The van der Waals surface area contributed by atoms with E-state index in [1.807, 2.05) is 32.0 Å². The van der Waals surface area contributed by atoms with Crippen LogP contribution in [0.2, 0.25) is 0 Å². The largest absolute Gasteiger partial charge is 0.496 e. The fourth-order valence-electron chi connectivity index (χ4n) is 2.39. The molecule has 0 unspecified atom stereocenters. The summed E-state index contributed by atoms with van der Waals surface area (Å²) in [5, 5.41) is 2.92. The van der Waals surface area contributed by atoms with Crippen molar-refractivity contribution in [3.8, 4) is 5.75 Å². The smallest absolute Gasteiger partial charge is 0.224 e. The fourth-order valence-corrected chi connectivity index (χ4v) is 2.39. The Bertz CT molecular complexity index is 670. The first-order chi connectivity index (χ1) is 10.5. The minimum absolute atomic E-state index is 0.149. The van der Waals surface area contributed by atoms with Crippen LogP contribution < -0.4 is 10.1 Å². The molecular weight excluding hydrogens is 281 g/mol. The van der Waals surface area contributed by atoms with Gasteiger partial charge in [-0.15, -0.1) is 0 Å². The van der Waals surface area contributed by atoms with Crippen LogP contribution in [-0.2, 0) is 11.2 Å². The van der Waals surface area contributed by atoms with Gasteiger partial charge >= 0.3 is 0 Å². The van der Waals surface area contributed by atoms with E-state index in [4.69, 9.17) is 4.74 Å². The number of rotatable bonds is 5. The van der Waals surface area contributed by atoms with Crippen LogP contribution in [0.15, 0.2) is 42.5 Å². The van der Waals surface area contributed by atoms with Crippen LogP contribution in [-0.4, -0.2) is 13.0 Å². The number of hydrogen-bond donors (Lipinski definition) is 1. The minimum Gasteiger partial charge on any atom is -0.496 e. The molecule has 22 heavy (non-hydrogen) atoms. The monoisotopic (exact) mass is 301 g/mol. The Kier molecular flexibility index (Phi) is 5.15. The zero-order valence-electron chi connectivity index (χ0n) is 13.0. The number of aryl methyl sites for hydroxylation is 1. The van der Waals surface area contributed by atoms with Crippen LogP contribution in [0.4, 0.5) is 4.39 Å². The highest BCUT2D eigenvalue weighted by Gasteiger charge is 2.14. The van der Waals surface area contributed by atoms with Crippen LogP contribution in [0.25, 0.3) is 0 Å². The topological polar surface area (TPSA) is 38.3 Å². The average molecular weight is 301 g/mol. The van der Waals surface area contributed by atoms with E-state index >= 15 is 0 Å². The van der Waals surface area contributed by atoms with Crippen LogP contribution in [0.1, 0.15) is 29.7 Å². The number of methoxy groups -OCH3 is 1. The Labute approximate surface area is 130 Å². The predicted octanol–water partition coefficient (Wildman–Crippen LogP) is 3.56. The summed E-state index contributed by atoms with van der Waals surface area (Å²) >= 11 is 0. The van der Waals surface area contributed by atoms with Gasteiger partial charge in [-0.1, -0.05) is 29.8 Å². The number of halogens is 1. The molecule has 1 amide bonds. The first kappa shape index (κ1) is 16.0. The highest BCUT2D eigenvalue weighted by molar-refractivity contribution is 5.79. The molecule has 0 radical (unpaired) electrons. The fraction of sp³-hybridized carbons (Fsp3) is 0.278. The van der Waals surface area contributed by atoms with E-state index in [2.05, 4.69) is 5.32 Å². The van der Waals surface area contributed by atoms with Gasteiger partial charge < -0.3 is 10.1 Å². The summed E-state index contributed by atoms with van der Waals surface area (Å²) in [6.45, 7) is 3.89. The third-order valence-electron chi connectivity index (χ3n) is 3.48. The lowest BCUT2D eigenvalue weighted by molar-refractivity contribution is -0.121. The molecule has 0 spiro atoms. The second-order valence-corrected chi connectivity index (χ2v) is 5.34. The number of amides is 1. The Morgan fingerprint density at radius 1 is 1.27 bits per heavy atom. The molecule has 0 aromatic heterocycles. The number of benzene rings is 2. The van der Waals surface area contributed by atoms with E-state index in [1.165, 1.54) is 12.1 Å². The molecule has 3 nitrogen and oxygen atoms in total. The number of ether oxygens (including phenoxy) is 1. The van der Waals surface area contributed by atoms with Crippen molar-refractivity contribution in [2.75, 3.05) is 7.11 Å². The van der Waals surface area contributed by atoms with E-state index < -0.39 is 0 Å². The highest BCUT2D eigenvalue weighted by Crippen LogP contribution is 2.26. The van der Waals surface area contributed by atoms with E-state index in [1.54, 1.807) is 19.2 Å². The van der Waals surface area contributed by atoms with Gasteiger partial charge in [0.2, 0.25) is 5.91 Å². The van der Waals surface area contributed by atoms with Gasteiger partial charge in [0, 0.05) is 5.56 Å². The molecule has 0 heterocycles. The summed E-state index contributed by atoms with van der Waals surface area (Å²) in [4.78, 5) is 12.1. The van der Waals surface area contributed by atoms with E-state index in [0.29, 0.717) is 5.56 Å². The van der Waals surface area contributed by atoms with Crippen molar-refractivity contribution in [3.05, 3.63) is 65.0 Å². The molecule has 0 saturated heterocycles. The van der Waals surface area contributed by atoms with Gasteiger partial charge in [0.05, 0.1) is 19.6 Å². The summed E-state index contributed by atoms with van der Waals surface area (Å²) in [5.74, 6) is 0.254. The summed E-state index contributed by atoms with van der Waals surface area (Å²) < 4.78 is 18.5. The molecule has 1 N–H and O–H groups in total. The van der Waals surface area contributed by atoms with Crippen molar-refractivity contribution < 1.29 is 13.9 Å². The number of nitrogens with one attached hydrogen (secondary N) is 1. The zero-order chi connectivity index (χ0) is 16.1. The van der Waals surface area contributed by atoms with Gasteiger partial charge in [0.25, 0.3) is 0 Å². The Morgan fingerprint density at radius 2 is 2.05 bits per heavy atom. The highest BCUT2D eigenvalue weighted by atomic mass is 19.1.